The Kier molecular flexibility index (Phi) is 9.76. The number of nitrogens with zero attached hydrogens (tertiary/aromatic N) is 1. The molecule has 0 amide bonds. The summed E-state index contributed by atoms with van der Waals surface area (Å²) >= 11 is 6.52. The van der Waals surface area contributed by atoms with Crippen LogP contribution in [-0.2, 0) is 0 Å². The van der Waals surface area contributed by atoms with Crippen LogP contribution in [0.1, 0.15) is 17.7 Å². The molecular formula is C33H27BClF4NO. The van der Waals surface area contributed by atoms with Gasteiger partial charge in [0.2, 0.25) is 17.4 Å². The number of aliphatic hydroxyl groups is 1. The molecule has 0 aliphatic rings. The Labute approximate surface area is 241 Å². The summed E-state index contributed by atoms with van der Waals surface area (Å²) in [7, 11) is -6.00. The van der Waals surface area contributed by atoms with E-state index < -0.39 is 19.4 Å². The number of hydrogen-bond donors (Lipinski definition) is 1. The van der Waals surface area contributed by atoms with Gasteiger partial charge in [-0.1, -0.05) is 103 Å². The van der Waals surface area contributed by atoms with Gasteiger partial charge in [0, 0.05) is 33.8 Å². The first-order valence-electron chi connectivity index (χ1n) is 12.9. The monoisotopic (exact) mass is 575 g/mol. The third-order valence-corrected chi connectivity index (χ3v) is 6.78. The Morgan fingerprint density at radius 1 is 0.634 bits per heavy atom. The number of benzene rings is 4. The van der Waals surface area contributed by atoms with Crippen LogP contribution in [0.2, 0.25) is 5.02 Å². The third kappa shape index (κ3) is 7.72. The summed E-state index contributed by atoms with van der Waals surface area (Å²) in [5, 5.41) is 12.2. The minimum atomic E-state index is -6.00. The van der Waals surface area contributed by atoms with E-state index in [0.29, 0.717) is 10.6 Å². The van der Waals surface area contributed by atoms with Crippen molar-refractivity contribution < 1.29 is 26.9 Å². The number of halogens is 5. The van der Waals surface area contributed by atoms with Crippen LogP contribution in [0, 0.1) is 0 Å². The van der Waals surface area contributed by atoms with Crippen LogP contribution in [0.5, 0.6) is 0 Å². The predicted molar refractivity (Wildman–Crippen MR) is 159 cm³/mol. The maximum Gasteiger partial charge on any atom is 0.673 e. The van der Waals surface area contributed by atoms with Gasteiger partial charge in [0.05, 0.1) is 0 Å². The molecular weight excluding hydrogens is 549 g/mol. The number of hydrogen-bond acceptors (Lipinski definition) is 1. The quantitative estimate of drug-likeness (QED) is 0.0889. The van der Waals surface area contributed by atoms with Crippen molar-refractivity contribution in [2.45, 2.75) is 12.1 Å². The highest BCUT2D eigenvalue weighted by atomic mass is 35.5. The molecule has 1 heterocycles. The lowest BCUT2D eigenvalue weighted by atomic mass is 9.95. The molecule has 0 saturated heterocycles. The Bertz CT molecular complexity index is 1520. The second-order valence-electron chi connectivity index (χ2n) is 9.17. The topological polar surface area (TPSA) is 24.1 Å². The normalized spacial score (nSPS) is 12.5. The minimum Gasteiger partial charge on any atom is -0.418 e. The van der Waals surface area contributed by atoms with Crippen LogP contribution in [0.25, 0.3) is 33.6 Å². The van der Waals surface area contributed by atoms with Gasteiger partial charge in [-0.25, -0.2) is 0 Å². The first-order valence-corrected chi connectivity index (χ1v) is 13.2. The van der Waals surface area contributed by atoms with Crippen LogP contribution in [-0.4, -0.2) is 12.4 Å². The molecule has 0 fully saturated rings. The molecule has 0 saturated carbocycles. The van der Waals surface area contributed by atoms with Crippen LogP contribution in [0.4, 0.5) is 17.3 Å². The summed E-state index contributed by atoms with van der Waals surface area (Å²) in [5.41, 5.74) is 6.94. The average molecular weight is 576 g/mol. The molecule has 5 aromatic rings. The smallest absolute Gasteiger partial charge is 0.418 e. The van der Waals surface area contributed by atoms with Crippen molar-refractivity contribution >= 4 is 18.9 Å². The van der Waals surface area contributed by atoms with Crippen LogP contribution in [0.15, 0.2) is 140 Å². The molecule has 5 rings (SSSR count). The van der Waals surface area contributed by atoms with Crippen LogP contribution >= 0.6 is 11.6 Å². The average Bonchev–Trinajstić information content (AvgIpc) is 2.98. The zero-order valence-electron chi connectivity index (χ0n) is 21.9. The maximum atomic E-state index is 11.7. The van der Waals surface area contributed by atoms with E-state index in [1.54, 1.807) is 12.1 Å². The molecule has 0 aliphatic heterocycles. The Hall–Kier alpha value is -4.20. The number of aromatic nitrogens is 1. The maximum absolute atomic E-state index is 11.7. The molecule has 0 spiro atoms. The SMILES string of the molecule is C=CC(C(O)c1ccccc1Cl)[n+]1c(-c2ccccc2)cc(-c2ccccc2)cc1-c1ccccc1.F[B-](F)(F)F. The van der Waals surface area contributed by atoms with Gasteiger partial charge in [0.25, 0.3) is 0 Å². The summed E-state index contributed by atoms with van der Waals surface area (Å²) < 4.78 is 41.2. The molecule has 2 unspecified atom stereocenters. The Morgan fingerprint density at radius 2 is 1.02 bits per heavy atom. The van der Waals surface area contributed by atoms with E-state index >= 15 is 0 Å². The fourth-order valence-corrected chi connectivity index (χ4v) is 4.91. The lowest BCUT2D eigenvalue weighted by Crippen LogP contribution is -2.46. The summed E-state index contributed by atoms with van der Waals surface area (Å²) in [5.74, 6) is 0. The molecule has 2 atom stereocenters. The van der Waals surface area contributed by atoms with Crippen molar-refractivity contribution in [1.29, 1.82) is 0 Å². The lowest BCUT2D eigenvalue weighted by molar-refractivity contribution is -0.700. The van der Waals surface area contributed by atoms with Gasteiger partial charge in [0.1, 0.15) is 6.10 Å². The molecule has 1 aromatic heterocycles. The standard InChI is InChI=1S/C33H27ClNO.BF4/c1-2-30(33(36)28-20-12-13-21-29(28)34)35-31(25-16-8-4-9-17-25)22-27(24-14-6-3-7-15-24)23-32(35)26-18-10-5-11-19-26;2-1(3,4)5/h2-23,30,33,36H,1H2;/q+1;-1. The van der Waals surface area contributed by atoms with Gasteiger partial charge in [-0.05, 0) is 47.5 Å². The van der Waals surface area contributed by atoms with Crippen molar-refractivity contribution in [1.82, 2.24) is 0 Å². The first kappa shape index (κ1) is 29.8. The van der Waals surface area contributed by atoms with E-state index in [1.165, 1.54) is 0 Å². The van der Waals surface area contributed by atoms with E-state index in [-0.39, 0.29) is 0 Å². The van der Waals surface area contributed by atoms with E-state index in [4.69, 9.17) is 11.6 Å². The molecule has 0 aliphatic carbocycles. The highest BCUT2D eigenvalue weighted by molar-refractivity contribution is 6.50. The van der Waals surface area contributed by atoms with E-state index in [0.717, 1.165) is 33.6 Å². The van der Waals surface area contributed by atoms with Gasteiger partial charge in [-0.2, -0.15) is 4.57 Å². The molecule has 0 bridgehead atoms. The van der Waals surface area contributed by atoms with Crippen molar-refractivity contribution in [2.24, 2.45) is 0 Å². The highest BCUT2D eigenvalue weighted by Gasteiger charge is 2.34. The lowest BCUT2D eigenvalue weighted by Gasteiger charge is -2.22. The van der Waals surface area contributed by atoms with Gasteiger partial charge in [-0.15, -0.1) is 0 Å². The number of rotatable bonds is 7. The summed E-state index contributed by atoms with van der Waals surface area (Å²) in [6, 6.07) is 42.2. The summed E-state index contributed by atoms with van der Waals surface area (Å²) in [6.45, 7) is 4.14. The third-order valence-electron chi connectivity index (χ3n) is 6.44. The molecule has 0 radical (unpaired) electrons. The molecule has 1 N–H and O–H groups in total. The largest absolute Gasteiger partial charge is 0.673 e. The van der Waals surface area contributed by atoms with Crippen molar-refractivity contribution in [2.75, 3.05) is 0 Å². The number of aliphatic hydroxyl groups excluding tert-OH is 1. The van der Waals surface area contributed by atoms with Crippen molar-refractivity contribution in [3.8, 4) is 33.6 Å². The second kappa shape index (κ2) is 13.4. The molecule has 208 valence electrons. The zero-order chi connectivity index (χ0) is 29.4. The predicted octanol–water partition coefficient (Wildman–Crippen LogP) is 9.39. The van der Waals surface area contributed by atoms with Gasteiger partial charge in [0.15, 0.2) is 0 Å². The van der Waals surface area contributed by atoms with Crippen molar-refractivity contribution in [3.05, 3.63) is 151 Å². The zero-order valence-corrected chi connectivity index (χ0v) is 22.7. The first-order chi connectivity index (χ1) is 19.7. The summed E-state index contributed by atoms with van der Waals surface area (Å²) in [4.78, 5) is 0. The van der Waals surface area contributed by atoms with E-state index in [9.17, 15) is 22.4 Å². The van der Waals surface area contributed by atoms with Crippen LogP contribution in [0.3, 0.4) is 0 Å². The highest BCUT2D eigenvalue weighted by Crippen LogP contribution is 2.35. The summed E-state index contributed by atoms with van der Waals surface area (Å²) in [6.07, 6.45) is 0.906. The van der Waals surface area contributed by atoms with E-state index in [2.05, 4.69) is 71.8 Å². The molecule has 4 aromatic carbocycles. The van der Waals surface area contributed by atoms with E-state index in [1.807, 2.05) is 60.7 Å². The molecule has 41 heavy (non-hydrogen) atoms. The second-order valence-corrected chi connectivity index (χ2v) is 9.58. The Morgan fingerprint density at radius 3 is 1.44 bits per heavy atom. The minimum absolute atomic E-state index is 0.472. The fraction of sp³-hybridized carbons (Fsp3) is 0.0606. The van der Waals surface area contributed by atoms with Gasteiger partial charge in [-0.3, -0.25) is 0 Å². The Balaban J connectivity index is 0.000000714. The van der Waals surface area contributed by atoms with Gasteiger partial charge >= 0.3 is 7.25 Å². The molecule has 8 heteroatoms. The van der Waals surface area contributed by atoms with Gasteiger partial charge < -0.3 is 22.4 Å². The number of pyridine rings is 1. The van der Waals surface area contributed by atoms with Crippen LogP contribution < -0.4 is 4.57 Å². The fourth-order valence-electron chi connectivity index (χ4n) is 4.66. The van der Waals surface area contributed by atoms with Crippen molar-refractivity contribution in [3.63, 3.8) is 0 Å². The molecule has 2 nitrogen and oxygen atoms in total.